The number of rotatable bonds is 5. The van der Waals surface area contributed by atoms with E-state index < -0.39 is 11.7 Å². The number of piperidine rings is 1. The lowest BCUT2D eigenvalue weighted by Crippen LogP contribution is -2.38. The van der Waals surface area contributed by atoms with Crippen LogP contribution in [0.3, 0.4) is 0 Å². The van der Waals surface area contributed by atoms with E-state index in [0.29, 0.717) is 37.2 Å². The fourth-order valence-electron chi connectivity index (χ4n) is 4.44. The van der Waals surface area contributed by atoms with E-state index in [0.717, 1.165) is 50.0 Å². The molecular formula is C24H26F3N3O2. The third-order valence-corrected chi connectivity index (χ3v) is 6.29. The molecule has 0 atom stereocenters. The van der Waals surface area contributed by atoms with E-state index in [1.165, 1.54) is 6.07 Å². The monoisotopic (exact) mass is 445 g/mol. The maximum atomic E-state index is 13.3. The summed E-state index contributed by atoms with van der Waals surface area (Å²) in [4.78, 5) is 28.0. The molecule has 2 heterocycles. The number of carbonyl (C=O) groups excluding carboxylic acids is 2. The first-order valence-electron chi connectivity index (χ1n) is 10.9. The molecular weight excluding hydrogens is 419 g/mol. The molecule has 0 aliphatic carbocycles. The Bertz CT molecular complexity index is 961. The molecule has 32 heavy (non-hydrogen) atoms. The Kier molecular flexibility index (Phi) is 6.39. The predicted molar refractivity (Wildman–Crippen MR) is 118 cm³/mol. The van der Waals surface area contributed by atoms with E-state index in [9.17, 15) is 22.8 Å². The van der Waals surface area contributed by atoms with Crippen LogP contribution in [-0.2, 0) is 11.0 Å². The average Bonchev–Trinajstić information content (AvgIpc) is 3.33. The fraction of sp³-hybridized carbons (Fsp3) is 0.417. The van der Waals surface area contributed by atoms with Crippen LogP contribution >= 0.6 is 0 Å². The van der Waals surface area contributed by atoms with Gasteiger partial charge in [-0.25, -0.2) is 0 Å². The number of alkyl halides is 3. The molecule has 0 spiro atoms. The predicted octanol–water partition coefficient (Wildman–Crippen LogP) is 4.97. The van der Waals surface area contributed by atoms with Crippen molar-refractivity contribution in [1.29, 1.82) is 0 Å². The maximum Gasteiger partial charge on any atom is 0.416 e. The molecule has 2 saturated heterocycles. The average molecular weight is 445 g/mol. The summed E-state index contributed by atoms with van der Waals surface area (Å²) in [5.41, 5.74) is 1.72. The molecule has 4 rings (SSSR count). The first kappa shape index (κ1) is 22.2. The molecule has 8 heteroatoms. The smallest absolute Gasteiger partial charge is 0.371 e. The van der Waals surface area contributed by atoms with Gasteiger partial charge in [0.15, 0.2) is 0 Å². The molecule has 5 nitrogen and oxygen atoms in total. The van der Waals surface area contributed by atoms with Crippen LogP contribution in [0.25, 0.3) is 0 Å². The second-order valence-electron chi connectivity index (χ2n) is 8.38. The van der Waals surface area contributed by atoms with E-state index >= 15 is 0 Å². The number of nitrogens with zero attached hydrogens (tertiary/aromatic N) is 2. The first-order chi connectivity index (χ1) is 15.3. The minimum atomic E-state index is -4.46. The highest BCUT2D eigenvalue weighted by Gasteiger charge is 2.33. The van der Waals surface area contributed by atoms with Gasteiger partial charge in [-0.2, -0.15) is 13.2 Å². The van der Waals surface area contributed by atoms with Gasteiger partial charge < -0.3 is 15.1 Å². The number of nitrogens with one attached hydrogen (secondary N) is 1. The summed E-state index contributed by atoms with van der Waals surface area (Å²) in [5.74, 6) is -0.498. The van der Waals surface area contributed by atoms with Gasteiger partial charge in [0.05, 0.1) is 16.9 Å². The van der Waals surface area contributed by atoms with Crippen molar-refractivity contribution >= 4 is 29.3 Å². The van der Waals surface area contributed by atoms with Crippen molar-refractivity contribution in [3.05, 3.63) is 53.6 Å². The number of benzene rings is 2. The van der Waals surface area contributed by atoms with Gasteiger partial charge in [-0.15, -0.1) is 0 Å². The van der Waals surface area contributed by atoms with Crippen LogP contribution in [-0.4, -0.2) is 38.4 Å². The van der Waals surface area contributed by atoms with Gasteiger partial charge in [0.25, 0.3) is 0 Å². The zero-order valence-corrected chi connectivity index (χ0v) is 17.7. The highest BCUT2D eigenvalue weighted by atomic mass is 19.4. The normalized spacial score (nSPS) is 17.5. The molecule has 2 aromatic rings. The molecule has 0 bridgehead atoms. The zero-order valence-electron chi connectivity index (χ0n) is 17.7. The minimum absolute atomic E-state index is 0.235. The Balaban J connectivity index is 1.44. The summed E-state index contributed by atoms with van der Waals surface area (Å²) in [5, 5.41) is 2.80. The Morgan fingerprint density at radius 3 is 2.19 bits per heavy atom. The van der Waals surface area contributed by atoms with Crippen molar-refractivity contribution in [1.82, 2.24) is 0 Å². The number of carbonyl (C=O) groups is 2. The van der Waals surface area contributed by atoms with Gasteiger partial charge in [-0.05, 0) is 68.1 Å². The molecule has 2 fully saturated rings. The lowest BCUT2D eigenvalue weighted by Gasteiger charge is -2.33. The summed E-state index contributed by atoms with van der Waals surface area (Å²) < 4.78 is 39.8. The molecule has 1 N–H and O–H groups in total. The number of amides is 1. The van der Waals surface area contributed by atoms with E-state index in [4.69, 9.17) is 0 Å². The van der Waals surface area contributed by atoms with E-state index in [1.54, 1.807) is 12.1 Å². The van der Waals surface area contributed by atoms with Crippen LogP contribution in [0.5, 0.6) is 0 Å². The van der Waals surface area contributed by atoms with E-state index in [1.807, 2.05) is 17.0 Å². The van der Waals surface area contributed by atoms with Crippen molar-refractivity contribution < 1.29 is 22.8 Å². The molecule has 0 saturated carbocycles. The lowest BCUT2D eigenvalue weighted by molar-refractivity contribution is -0.137. The fourth-order valence-corrected chi connectivity index (χ4v) is 4.44. The van der Waals surface area contributed by atoms with Crippen molar-refractivity contribution in [3.8, 4) is 0 Å². The summed E-state index contributed by atoms with van der Waals surface area (Å²) in [6, 6.07) is 10.9. The largest absolute Gasteiger partial charge is 0.416 e. The Morgan fingerprint density at radius 1 is 0.938 bits per heavy atom. The van der Waals surface area contributed by atoms with E-state index in [-0.39, 0.29) is 17.5 Å². The summed E-state index contributed by atoms with van der Waals surface area (Å²) in [6.45, 7) is 2.88. The first-order valence-corrected chi connectivity index (χ1v) is 10.9. The van der Waals surface area contributed by atoms with Crippen molar-refractivity contribution in [3.63, 3.8) is 0 Å². The molecule has 2 aliphatic rings. The third kappa shape index (κ3) is 4.89. The highest BCUT2D eigenvalue weighted by Crippen LogP contribution is 2.37. The van der Waals surface area contributed by atoms with Crippen molar-refractivity contribution in [2.45, 2.75) is 31.9 Å². The van der Waals surface area contributed by atoms with Gasteiger partial charge in [0.2, 0.25) is 5.91 Å². The van der Waals surface area contributed by atoms with Crippen LogP contribution in [0.1, 0.15) is 41.6 Å². The van der Waals surface area contributed by atoms with Gasteiger partial charge in [-0.1, -0.05) is 0 Å². The summed E-state index contributed by atoms with van der Waals surface area (Å²) in [6.07, 6.45) is -0.474. The van der Waals surface area contributed by atoms with Gasteiger partial charge in [0.1, 0.15) is 6.29 Å². The highest BCUT2D eigenvalue weighted by molar-refractivity contribution is 5.96. The molecule has 0 unspecified atom stereocenters. The molecule has 0 radical (unpaired) electrons. The van der Waals surface area contributed by atoms with Crippen molar-refractivity contribution in [2.24, 2.45) is 5.92 Å². The minimum Gasteiger partial charge on any atom is -0.371 e. The topological polar surface area (TPSA) is 52.7 Å². The van der Waals surface area contributed by atoms with Gasteiger partial charge in [-0.3, -0.25) is 9.59 Å². The van der Waals surface area contributed by atoms with Gasteiger partial charge in [0, 0.05) is 43.3 Å². The molecule has 1 amide bonds. The summed E-state index contributed by atoms with van der Waals surface area (Å²) in [7, 11) is 0. The quantitative estimate of drug-likeness (QED) is 0.660. The number of hydrogen-bond acceptors (Lipinski definition) is 4. The van der Waals surface area contributed by atoms with Crippen LogP contribution in [0.2, 0.25) is 0 Å². The SMILES string of the molecule is O=Cc1ccc(N2CCC(C(=O)Nc3cc(C(F)(F)F)ccc3N3CCCC3)CC2)cc1. The third-order valence-electron chi connectivity index (χ3n) is 6.29. The zero-order chi connectivity index (χ0) is 22.7. The number of hydrogen-bond donors (Lipinski definition) is 1. The molecule has 0 aromatic heterocycles. The standard InChI is InChI=1S/C24H26F3N3O2/c25-24(26,27)19-5-8-22(30-11-1-2-12-30)21(15-19)28-23(32)18-9-13-29(14-10-18)20-6-3-17(16-31)4-7-20/h3-8,15-16,18H,1-2,9-14H2,(H,28,32). The van der Waals surface area contributed by atoms with Crippen LogP contribution in [0.15, 0.2) is 42.5 Å². The summed E-state index contributed by atoms with van der Waals surface area (Å²) >= 11 is 0. The molecule has 2 aliphatic heterocycles. The number of anilines is 3. The number of aldehydes is 1. The second-order valence-corrected chi connectivity index (χ2v) is 8.38. The Morgan fingerprint density at radius 2 is 1.59 bits per heavy atom. The van der Waals surface area contributed by atoms with Crippen LogP contribution in [0.4, 0.5) is 30.2 Å². The molecule has 170 valence electrons. The van der Waals surface area contributed by atoms with Gasteiger partial charge >= 0.3 is 6.18 Å². The maximum absolute atomic E-state index is 13.3. The van der Waals surface area contributed by atoms with Crippen LogP contribution < -0.4 is 15.1 Å². The second kappa shape index (κ2) is 9.22. The van der Waals surface area contributed by atoms with Crippen molar-refractivity contribution in [2.75, 3.05) is 41.3 Å². The van der Waals surface area contributed by atoms with E-state index in [2.05, 4.69) is 10.2 Å². The van der Waals surface area contributed by atoms with Crippen LogP contribution in [0, 0.1) is 5.92 Å². The Hall–Kier alpha value is -3.03. The lowest BCUT2D eigenvalue weighted by atomic mass is 9.95. The Labute approximate surface area is 185 Å². The number of halogens is 3. The molecule has 2 aromatic carbocycles.